The van der Waals surface area contributed by atoms with Crippen molar-refractivity contribution in [3.63, 3.8) is 0 Å². The van der Waals surface area contributed by atoms with Gasteiger partial charge < -0.3 is 5.73 Å². The minimum absolute atomic E-state index is 0.416. The van der Waals surface area contributed by atoms with Gasteiger partial charge in [-0.2, -0.15) is 5.10 Å². The molecule has 6 heteroatoms. The van der Waals surface area contributed by atoms with E-state index >= 15 is 0 Å². The third-order valence-corrected chi connectivity index (χ3v) is 2.94. The predicted octanol–water partition coefficient (Wildman–Crippen LogP) is 2.53. The van der Waals surface area contributed by atoms with Crippen LogP contribution in [0.15, 0.2) is 24.7 Å². The lowest BCUT2D eigenvalue weighted by Crippen LogP contribution is -2.18. The molecule has 0 amide bonds. The second-order valence-electron chi connectivity index (χ2n) is 4.02. The number of pyridine rings is 1. The number of aryl methyl sites for hydroxylation is 1. The molecule has 0 aliphatic rings. The highest BCUT2D eigenvalue weighted by Crippen LogP contribution is 2.26. The second kappa shape index (κ2) is 5.46. The average molecular weight is 269 g/mol. The van der Waals surface area contributed by atoms with Gasteiger partial charge in [-0.05, 0) is 18.1 Å². The standard InChI is InChI=1S/C12H14ClFN4/c1-2-3-18-12(10(13)7-17-18)11(15)8-4-9(14)6-16-5-8/h4-7,11H,2-3,15H2,1H3. The Kier molecular flexibility index (Phi) is 3.93. The molecule has 0 aromatic carbocycles. The SMILES string of the molecule is CCCn1ncc(Cl)c1C(N)c1cncc(F)c1. The van der Waals surface area contributed by atoms with E-state index in [1.165, 1.54) is 12.3 Å². The molecule has 0 radical (unpaired) electrons. The van der Waals surface area contributed by atoms with Gasteiger partial charge in [0.25, 0.3) is 0 Å². The van der Waals surface area contributed by atoms with Crippen LogP contribution in [0, 0.1) is 5.82 Å². The van der Waals surface area contributed by atoms with Crippen molar-refractivity contribution in [3.8, 4) is 0 Å². The summed E-state index contributed by atoms with van der Waals surface area (Å²) in [5, 5.41) is 4.65. The number of hydrogen-bond donors (Lipinski definition) is 1. The molecule has 2 aromatic heterocycles. The molecule has 2 heterocycles. The summed E-state index contributed by atoms with van der Waals surface area (Å²) in [6, 6.07) is 0.826. The molecular weight excluding hydrogens is 255 g/mol. The highest BCUT2D eigenvalue weighted by Gasteiger charge is 2.19. The first-order chi connectivity index (χ1) is 8.63. The van der Waals surface area contributed by atoms with Crippen molar-refractivity contribution in [1.82, 2.24) is 14.8 Å². The summed E-state index contributed by atoms with van der Waals surface area (Å²) >= 11 is 6.09. The summed E-state index contributed by atoms with van der Waals surface area (Å²) in [6.45, 7) is 2.76. The van der Waals surface area contributed by atoms with Gasteiger partial charge in [0.05, 0.1) is 29.2 Å². The van der Waals surface area contributed by atoms with E-state index in [2.05, 4.69) is 10.1 Å². The molecule has 96 valence electrons. The van der Waals surface area contributed by atoms with Crippen LogP contribution in [-0.2, 0) is 6.54 Å². The molecule has 0 bridgehead atoms. The normalized spacial score (nSPS) is 12.7. The van der Waals surface area contributed by atoms with Crippen molar-refractivity contribution in [2.24, 2.45) is 5.73 Å². The van der Waals surface area contributed by atoms with Gasteiger partial charge in [0, 0.05) is 12.7 Å². The fraction of sp³-hybridized carbons (Fsp3) is 0.333. The zero-order valence-electron chi connectivity index (χ0n) is 9.98. The van der Waals surface area contributed by atoms with E-state index in [-0.39, 0.29) is 0 Å². The van der Waals surface area contributed by atoms with E-state index in [1.807, 2.05) is 6.92 Å². The lowest BCUT2D eigenvalue weighted by molar-refractivity contribution is 0.557. The number of halogens is 2. The van der Waals surface area contributed by atoms with Crippen LogP contribution in [0.25, 0.3) is 0 Å². The first-order valence-corrected chi connectivity index (χ1v) is 6.08. The predicted molar refractivity (Wildman–Crippen MR) is 67.8 cm³/mol. The molecule has 1 unspecified atom stereocenters. The van der Waals surface area contributed by atoms with E-state index in [4.69, 9.17) is 17.3 Å². The summed E-state index contributed by atoms with van der Waals surface area (Å²) in [7, 11) is 0. The lowest BCUT2D eigenvalue weighted by Gasteiger charge is -2.14. The Morgan fingerprint density at radius 2 is 2.22 bits per heavy atom. The van der Waals surface area contributed by atoms with Gasteiger partial charge in [0.15, 0.2) is 0 Å². The molecule has 4 nitrogen and oxygen atoms in total. The molecule has 2 N–H and O–H groups in total. The second-order valence-corrected chi connectivity index (χ2v) is 4.42. The summed E-state index contributed by atoms with van der Waals surface area (Å²) in [5.74, 6) is -0.416. The topological polar surface area (TPSA) is 56.7 Å². The molecule has 0 saturated carbocycles. The molecule has 1 atom stereocenters. The quantitative estimate of drug-likeness (QED) is 0.927. The van der Waals surface area contributed by atoms with Crippen molar-refractivity contribution >= 4 is 11.6 Å². The van der Waals surface area contributed by atoms with Crippen LogP contribution in [0.4, 0.5) is 4.39 Å². The number of hydrogen-bond acceptors (Lipinski definition) is 3. The Morgan fingerprint density at radius 3 is 2.89 bits per heavy atom. The minimum atomic E-state index is -0.533. The van der Waals surface area contributed by atoms with Gasteiger partial charge in [-0.1, -0.05) is 18.5 Å². The van der Waals surface area contributed by atoms with Crippen LogP contribution in [0.3, 0.4) is 0 Å². The third kappa shape index (κ3) is 2.52. The summed E-state index contributed by atoms with van der Waals surface area (Å²) in [6.07, 6.45) is 5.15. The Balaban J connectivity index is 2.39. The molecule has 0 saturated heterocycles. The highest BCUT2D eigenvalue weighted by atomic mass is 35.5. The maximum Gasteiger partial charge on any atom is 0.141 e. The zero-order chi connectivity index (χ0) is 13.1. The van der Waals surface area contributed by atoms with Crippen LogP contribution >= 0.6 is 11.6 Å². The largest absolute Gasteiger partial charge is 0.319 e. The number of nitrogens with two attached hydrogens (primary N) is 1. The smallest absolute Gasteiger partial charge is 0.141 e. The average Bonchev–Trinajstić information content (AvgIpc) is 2.70. The first kappa shape index (κ1) is 13.0. The Bertz CT molecular complexity index is 541. The molecular formula is C12H14ClFN4. The van der Waals surface area contributed by atoms with Gasteiger partial charge >= 0.3 is 0 Å². The van der Waals surface area contributed by atoms with Crippen molar-refractivity contribution in [2.45, 2.75) is 25.9 Å². The number of nitrogens with zero attached hydrogens (tertiary/aromatic N) is 3. The van der Waals surface area contributed by atoms with Gasteiger partial charge in [-0.3, -0.25) is 9.67 Å². The zero-order valence-corrected chi connectivity index (χ0v) is 10.7. The fourth-order valence-electron chi connectivity index (χ4n) is 1.83. The molecule has 0 aliphatic carbocycles. The monoisotopic (exact) mass is 268 g/mol. The Morgan fingerprint density at radius 1 is 1.44 bits per heavy atom. The fourth-order valence-corrected chi connectivity index (χ4v) is 2.09. The number of aromatic nitrogens is 3. The van der Waals surface area contributed by atoms with E-state index in [1.54, 1.807) is 10.9 Å². The van der Waals surface area contributed by atoms with E-state index < -0.39 is 11.9 Å². The Labute approximate surface area is 110 Å². The maximum absolute atomic E-state index is 13.1. The number of rotatable bonds is 4. The summed E-state index contributed by atoms with van der Waals surface area (Å²) < 4.78 is 14.9. The van der Waals surface area contributed by atoms with Crippen LogP contribution in [-0.4, -0.2) is 14.8 Å². The van der Waals surface area contributed by atoms with Crippen LogP contribution in [0.2, 0.25) is 5.02 Å². The lowest BCUT2D eigenvalue weighted by atomic mass is 10.1. The highest BCUT2D eigenvalue weighted by molar-refractivity contribution is 6.31. The van der Waals surface area contributed by atoms with Gasteiger partial charge in [-0.15, -0.1) is 0 Å². The van der Waals surface area contributed by atoms with Crippen molar-refractivity contribution in [2.75, 3.05) is 0 Å². The van der Waals surface area contributed by atoms with Crippen LogP contribution in [0.5, 0.6) is 0 Å². The molecule has 2 rings (SSSR count). The minimum Gasteiger partial charge on any atom is -0.319 e. The van der Waals surface area contributed by atoms with Crippen molar-refractivity contribution in [3.05, 3.63) is 46.8 Å². The van der Waals surface area contributed by atoms with E-state index in [9.17, 15) is 4.39 Å². The van der Waals surface area contributed by atoms with Gasteiger partial charge in [-0.25, -0.2) is 4.39 Å². The molecule has 0 fully saturated rings. The van der Waals surface area contributed by atoms with E-state index in [0.29, 0.717) is 16.3 Å². The van der Waals surface area contributed by atoms with Crippen molar-refractivity contribution in [1.29, 1.82) is 0 Å². The van der Waals surface area contributed by atoms with Crippen LogP contribution in [0.1, 0.15) is 30.6 Å². The molecule has 2 aromatic rings. The molecule has 0 spiro atoms. The van der Waals surface area contributed by atoms with E-state index in [0.717, 1.165) is 19.2 Å². The van der Waals surface area contributed by atoms with Crippen LogP contribution < -0.4 is 5.73 Å². The molecule has 18 heavy (non-hydrogen) atoms. The third-order valence-electron chi connectivity index (χ3n) is 2.65. The molecule has 0 aliphatic heterocycles. The van der Waals surface area contributed by atoms with Gasteiger partial charge in [0.2, 0.25) is 0 Å². The summed E-state index contributed by atoms with van der Waals surface area (Å²) in [5.41, 5.74) is 7.37. The summed E-state index contributed by atoms with van der Waals surface area (Å²) in [4.78, 5) is 3.79. The first-order valence-electron chi connectivity index (χ1n) is 5.70. The maximum atomic E-state index is 13.1. The van der Waals surface area contributed by atoms with Crippen molar-refractivity contribution < 1.29 is 4.39 Å². The van der Waals surface area contributed by atoms with Gasteiger partial charge in [0.1, 0.15) is 5.82 Å². The Hall–Kier alpha value is -1.46.